The highest BCUT2D eigenvalue weighted by molar-refractivity contribution is 7.80. The van der Waals surface area contributed by atoms with Crippen LogP contribution in [-0.2, 0) is 4.74 Å². The van der Waals surface area contributed by atoms with Crippen molar-refractivity contribution in [1.82, 2.24) is 0 Å². The van der Waals surface area contributed by atoms with Gasteiger partial charge in [-0.15, -0.1) is 0 Å². The van der Waals surface area contributed by atoms with Gasteiger partial charge in [-0.25, -0.2) is 0 Å². The lowest BCUT2D eigenvalue weighted by Gasteiger charge is -2.07. The van der Waals surface area contributed by atoms with Gasteiger partial charge in [0.2, 0.25) is 0 Å². The fourth-order valence-corrected chi connectivity index (χ4v) is 5.30. The van der Waals surface area contributed by atoms with Gasteiger partial charge in [-0.2, -0.15) is 0 Å². The van der Waals surface area contributed by atoms with Gasteiger partial charge in [-0.3, -0.25) is 0 Å². The third-order valence-corrected chi connectivity index (χ3v) is 7.98. The van der Waals surface area contributed by atoms with E-state index in [9.17, 15) is 0 Å². The second kappa shape index (κ2) is 33.7. The summed E-state index contributed by atoms with van der Waals surface area (Å²) in [4.78, 5) is 0. The SMILES string of the molecule is CCCCCCCC/C=C\CCCCCCCCOC(=S)CCCCCCCCCCCCCCCC. The molecule has 0 aromatic rings. The molecule has 0 aromatic carbocycles. The van der Waals surface area contributed by atoms with Gasteiger partial charge in [0.25, 0.3) is 0 Å². The average Bonchev–Trinajstić information content (AvgIpc) is 2.90. The van der Waals surface area contributed by atoms with E-state index in [1.807, 2.05) is 0 Å². The first-order chi connectivity index (χ1) is 18.3. The molecule has 0 rings (SSSR count). The van der Waals surface area contributed by atoms with Crippen LogP contribution >= 0.6 is 12.2 Å². The lowest BCUT2D eigenvalue weighted by Crippen LogP contribution is -2.03. The molecule has 0 fully saturated rings. The first-order valence-electron chi connectivity index (χ1n) is 17.1. The minimum atomic E-state index is 0.832. The summed E-state index contributed by atoms with van der Waals surface area (Å²) in [6.07, 6.45) is 44.3. The normalized spacial score (nSPS) is 11.5. The van der Waals surface area contributed by atoms with Gasteiger partial charge in [0, 0.05) is 6.42 Å². The number of thiocarbonyl (C=S) groups is 1. The molecule has 0 atom stereocenters. The van der Waals surface area contributed by atoms with Crippen molar-refractivity contribution in [1.29, 1.82) is 0 Å². The fourth-order valence-electron chi connectivity index (χ4n) is 5.07. The van der Waals surface area contributed by atoms with E-state index in [1.54, 1.807) is 0 Å². The zero-order valence-corrected chi connectivity index (χ0v) is 26.5. The second-order valence-corrected chi connectivity index (χ2v) is 12.0. The number of rotatable bonds is 31. The summed E-state index contributed by atoms with van der Waals surface area (Å²) < 4.78 is 5.80. The number of allylic oxidation sites excluding steroid dienone is 2. The van der Waals surface area contributed by atoms with Crippen LogP contribution in [0.25, 0.3) is 0 Å². The monoisotopic (exact) mass is 536 g/mol. The predicted octanol–water partition coefficient (Wildman–Crippen LogP) is 13.2. The van der Waals surface area contributed by atoms with Gasteiger partial charge in [-0.05, 0) is 50.7 Å². The van der Waals surface area contributed by atoms with Gasteiger partial charge < -0.3 is 4.74 Å². The molecule has 1 nitrogen and oxygen atoms in total. The van der Waals surface area contributed by atoms with Crippen LogP contribution < -0.4 is 0 Å². The molecule has 0 amide bonds. The molecule has 0 heterocycles. The van der Waals surface area contributed by atoms with Crippen LogP contribution in [0.15, 0.2) is 12.2 Å². The van der Waals surface area contributed by atoms with E-state index in [-0.39, 0.29) is 0 Å². The van der Waals surface area contributed by atoms with Crippen LogP contribution in [0.5, 0.6) is 0 Å². The van der Waals surface area contributed by atoms with Crippen LogP contribution in [-0.4, -0.2) is 11.7 Å². The van der Waals surface area contributed by atoms with Gasteiger partial charge in [0.15, 0.2) is 5.05 Å². The van der Waals surface area contributed by atoms with Crippen molar-refractivity contribution in [2.75, 3.05) is 6.61 Å². The minimum Gasteiger partial charge on any atom is -0.487 e. The van der Waals surface area contributed by atoms with E-state index in [2.05, 4.69) is 26.0 Å². The third-order valence-electron chi connectivity index (χ3n) is 7.65. The van der Waals surface area contributed by atoms with Crippen LogP contribution in [0.1, 0.15) is 200 Å². The molecule has 0 saturated heterocycles. The highest BCUT2D eigenvalue weighted by Crippen LogP contribution is 2.14. The summed E-state index contributed by atoms with van der Waals surface area (Å²) in [5.41, 5.74) is 0. The van der Waals surface area contributed by atoms with E-state index in [0.29, 0.717) is 0 Å². The molecule has 0 radical (unpaired) electrons. The topological polar surface area (TPSA) is 9.23 Å². The average molecular weight is 537 g/mol. The van der Waals surface area contributed by atoms with E-state index in [0.717, 1.165) is 24.5 Å². The number of unbranched alkanes of at least 4 members (excludes halogenated alkanes) is 25. The Hall–Kier alpha value is -0.370. The van der Waals surface area contributed by atoms with Crippen molar-refractivity contribution >= 4 is 17.3 Å². The fraction of sp³-hybridized carbons (Fsp3) is 0.914. The molecule has 0 aromatic heterocycles. The summed E-state index contributed by atoms with van der Waals surface area (Å²) in [7, 11) is 0. The third kappa shape index (κ3) is 33.6. The largest absolute Gasteiger partial charge is 0.487 e. The van der Waals surface area contributed by atoms with Crippen molar-refractivity contribution in [3.8, 4) is 0 Å². The van der Waals surface area contributed by atoms with E-state index < -0.39 is 0 Å². The first kappa shape index (κ1) is 36.6. The summed E-state index contributed by atoms with van der Waals surface area (Å²) in [6, 6.07) is 0. The molecular weight excluding hydrogens is 468 g/mol. The van der Waals surface area contributed by atoms with E-state index in [4.69, 9.17) is 17.0 Å². The van der Waals surface area contributed by atoms with Crippen molar-refractivity contribution in [2.45, 2.75) is 200 Å². The van der Waals surface area contributed by atoms with Crippen LogP contribution in [0.4, 0.5) is 0 Å². The van der Waals surface area contributed by atoms with Gasteiger partial charge in [-0.1, -0.05) is 167 Å². The molecular formula is C35H68OS. The maximum atomic E-state index is 5.80. The predicted molar refractivity (Wildman–Crippen MR) is 173 cm³/mol. The molecule has 2 heteroatoms. The number of hydrogen-bond acceptors (Lipinski definition) is 2. The molecule has 220 valence electrons. The van der Waals surface area contributed by atoms with Crippen molar-refractivity contribution in [3.05, 3.63) is 12.2 Å². The Kier molecular flexibility index (Phi) is 33.3. The highest BCUT2D eigenvalue weighted by Gasteiger charge is 1.99. The molecule has 0 saturated carbocycles. The standard InChI is InChI=1S/C35H68OS/c1-3-5-7-9-11-13-15-17-19-20-22-24-26-28-30-32-34-36-35(37)33-31-29-27-25-23-21-18-16-14-12-10-8-6-4-2/h17,19H,3-16,18,20-34H2,1-2H3/b19-17-. The number of hydrogen-bond donors (Lipinski definition) is 0. The van der Waals surface area contributed by atoms with Crippen LogP contribution in [0.2, 0.25) is 0 Å². The van der Waals surface area contributed by atoms with E-state index >= 15 is 0 Å². The zero-order chi connectivity index (χ0) is 26.9. The van der Waals surface area contributed by atoms with Gasteiger partial charge >= 0.3 is 0 Å². The highest BCUT2D eigenvalue weighted by atomic mass is 32.1. The second-order valence-electron chi connectivity index (χ2n) is 11.5. The molecule has 0 aliphatic heterocycles. The van der Waals surface area contributed by atoms with Crippen LogP contribution in [0.3, 0.4) is 0 Å². The maximum Gasteiger partial charge on any atom is 0.159 e. The lowest BCUT2D eigenvalue weighted by atomic mass is 10.0. The maximum absolute atomic E-state index is 5.80. The Morgan fingerprint density at radius 1 is 0.432 bits per heavy atom. The molecule has 0 bridgehead atoms. The molecule has 0 spiro atoms. The smallest absolute Gasteiger partial charge is 0.159 e. The van der Waals surface area contributed by atoms with Crippen LogP contribution in [0, 0.1) is 0 Å². The molecule has 0 aliphatic rings. The molecule has 37 heavy (non-hydrogen) atoms. The Labute approximate surface area is 240 Å². The number of ether oxygens (including phenoxy) is 1. The van der Waals surface area contributed by atoms with Crippen molar-refractivity contribution < 1.29 is 4.74 Å². The van der Waals surface area contributed by atoms with Crippen molar-refractivity contribution in [3.63, 3.8) is 0 Å². The molecule has 0 unspecified atom stereocenters. The Bertz CT molecular complexity index is 458. The Morgan fingerprint density at radius 2 is 0.757 bits per heavy atom. The Balaban J connectivity index is 3.18. The molecule has 0 N–H and O–H groups in total. The summed E-state index contributed by atoms with van der Waals surface area (Å²) in [5, 5.41) is 0.853. The summed E-state index contributed by atoms with van der Waals surface area (Å²) >= 11 is 5.43. The Morgan fingerprint density at radius 3 is 1.16 bits per heavy atom. The lowest BCUT2D eigenvalue weighted by molar-refractivity contribution is 0.290. The van der Waals surface area contributed by atoms with Gasteiger partial charge in [0.05, 0.1) is 6.61 Å². The van der Waals surface area contributed by atoms with E-state index in [1.165, 1.54) is 173 Å². The van der Waals surface area contributed by atoms with Gasteiger partial charge in [0.1, 0.15) is 0 Å². The zero-order valence-electron chi connectivity index (χ0n) is 25.7. The molecule has 0 aliphatic carbocycles. The minimum absolute atomic E-state index is 0.832. The quantitative estimate of drug-likeness (QED) is 0.0495. The summed E-state index contributed by atoms with van der Waals surface area (Å²) in [5.74, 6) is 0. The summed E-state index contributed by atoms with van der Waals surface area (Å²) in [6.45, 7) is 5.41. The first-order valence-corrected chi connectivity index (χ1v) is 17.5. The van der Waals surface area contributed by atoms with Crippen molar-refractivity contribution in [2.24, 2.45) is 0 Å².